The minimum atomic E-state index is -0.686. The number of nitrogens with zero attached hydrogens (tertiary/aromatic N) is 1. The van der Waals surface area contributed by atoms with Crippen molar-refractivity contribution in [2.45, 2.75) is 25.4 Å². The number of nitrogens with two attached hydrogens (primary N) is 1. The van der Waals surface area contributed by atoms with E-state index in [0.29, 0.717) is 83.6 Å². The lowest BCUT2D eigenvalue weighted by molar-refractivity contribution is -0.137. The molecule has 13 heteroatoms. The van der Waals surface area contributed by atoms with E-state index in [1.54, 1.807) is 12.1 Å². The van der Waals surface area contributed by atoms with E-state index in [4.69, 9.17) is 24.7 Å². The number of carbonyl (C=O) groups excluding carboxylic acids is 4. The standard InChI is InChI=1S/C25H37N5O8/c26-6-8-35-10-12-37-14-15-38-13-11-36-9-7-27-22(32)16-28-19-3-1-2-18-17-30(25(34)23(18)19)20-4-5-21(31)29-24(20)33/h1-3,20,28H,4-17,26H2,(H,27,32)(H,29,31,33). The van der Waals surface area contributed by atoms with Gasteiger partial charge in [0.25, 0.3) is 5.91 Å². The van der Waals surface area contributed by atoms with Crippen molar-refractivity contribution in [3.05, 3.63) is 29.3 Å². The van der Waals surface area contributed by atoms with E-state index in [2.05, 4.69) is 16.0 Å². The average molecular weight is 536 g/mol. The molecule has 4 amide bonds. The smallest absolute Gasteiger partial charge is 0.257 e. The molecule has 0 aromatic heterocycles. The van der Waals surface area contributed by atoms with Crippen LogP contribution in [0.4, 0.5) is 5.69 Å². The Morgan fingerprint density at radius 3 is 2.29 bits per heavy atom. The number of piperidine rings is 1. The summed E-state index contributed by atoms with van der Waals surface area (Å²) in [5.41, 5.74) is 7.06. The van der Waals surface area contributed by atoms with Gasteiger partial charge in [-0.2, -0.15) is 0 Å². The van der Waals surface area contributed by atoms with Gasteiger partial charge in [0.2, 0.25) is 17.7 Å². The Morgan fingerprint density at radius 1 is 0.974 bits per heavy atom. The Balaban J connectivity index is 1.27. The lowest BCUT2D eigenvalue weighted by atomic mass is 10.0. The molecule has 0 aliphatic carbocycles. The number of nitrogens with one attached hydrogen (secondary N) is 3. The fourth-order valence-corrected chi connectivity index (χ4v) is 4.11. The summed E-state index contributed by atoms with van der Waals surface area (Å²) >= 11 is 0. The first kappa shape index (κ1) is 29.5. The van der Waals surface area contributed by atoms with Crippen molar-refractivity contribution in [3.8, 4) is 0 Å². The molecule has 0 saturated carbocycles. The normalized spacial score (nSPS) is 16.9. The largest absolute Gasteiger partial charge is 0.378 e. The predicted octanol–water partition coefficient (Wildman–Crippen LogP) is -0.999. The van der Waals surface area contributed by atoms with Gasteiger partial charge in [-0.1, -0.05) is 12.1 Å². The Hall–Kier alpha value is -3.10. The van der Waals surface area contributed by atoms with Crippen LogP contribution in [0, 0.1) is 0 Å². The van der Waals surface area contributed by atoms with Crippen LogP contribution in [-0.2, 0) is 39.9 Å². The summed E-state index contributed by atoms with van der Waals surface area (Å²) in [6.07, 6.45) is 0.490. The number of rotatable bonds is 18. The second kappa shape index (κ2) is 16.0. The SMILES string of the molecule is NCCOCCOCCOCCOCCNC(=O)CNc1cccc2c1C(=O)N(C1CCC(=O)NC1=O)C2. The zero-order chi connectivity index (χ0) is 27.2. The van der Waals surface area contributed by atoms with E-state index in [0.717, 1.165) is 5.56 Å². The molecule has 1 saturated heterocycles. The lowest BCUT2D eigenvalue weighted by Gasteiger charge is -2.29. The van der Waals surface area contributed by atoms with E-state index in [1.165, 1.54) is 4.90 Å². The fourth-order valence-electron chi connectivity index (χ4n) is 4.11. The first-order valence-electron chi connectivity index (χ1n) is 12.8. The van der Waals surface area contributed by atoms with Gasteiger partial charge in [-0.3, -0.25) is 24.5 Å². The molecule has 210 valence electrons. The fraction of sp³-hybridized carbons (Fsp3) is 0.600. The van der Waals surface area contributed by atoms with Crippen molar-refractivity contribution in [1.29, 1.82) is 0 Å². The van der Waals surface area contributed by atoms with Crippen molar-refractivity contribution in [1.82, 2.24) is 15.5 Å². The summed E-state index contributed by atoms with van der Waals surface area (Å²) in [5.74, 6) is -1.33. The van der Waals surface area contributed by atoms with Gasteiger partial charge in [-0.15, -0.1) is 0 Å². The molecule has 5 N–H and O–H groups in total. The molecule has 38 heavy (non-hydrogen) atoms. The molecular weight excluding hydrogens is 498 g/mol. The number of carbonyl (C=O) groups is 4. The maximum absolute atomic E-state index is 13.1. The first-order chi connectivity index (χ1) is 18.5. The molecule has 1 unspecified atom stereocenters. The Labute approximate surface area is 221 Å². The van der Waals surface area contributed by atoms with Crippen LogP contribution in [0.15, 0.2) is 18.2 Å². The van der Waals surface area contributed by atoms with Crippen molar-refractivity contribution >= 4 is 29.3 Å². The highest BCUT2D eigenvalue weighted by Gasteiger charge is 2.40. The minimum Gasteiger partial charge on any atom is -0.378 e. The number of amides is 4. The van der Waals surface area contributed by atoms with E-state index in [9.17, 15) is 19.2 Å². The number of fused-ring (bicyclic) bond motifs is 1. The third-order valence-corrected chi connectivity index (χ3v) is 5.94. The van der Waals surface area contributed by atoms with E-state index < -0.39 is 11.9 Å². The molecule has 2 aliphatic rings. The van der Waals surface area contributed by atoms with Crippen LogP contribution in [0.5, 0.6) is 0 Å². The number of hydrogen-bond acceptors (Lipinski definition) is 10. The summed E-state index contributed by atoms with van der Waals surface area (Å²) < 4.78 is 21.4. The average Bonchev–Trinajstić information content (AvgIpc) is 3.24. The topological polar surface area (TPSA) is 171 Å². The highest BCUT2D eigenvalue weighted by Crippen LogP contribution is 2.32. The predicted molar refractivity (Wildman–Crippen MR) is 136 cm³/mol. The highest BCUT2D eigenvalue weighted by molar-refractivity contribution is 6.08. The van der Waals surface area contributed by atoms with Crippen LogP contribution in [0.3, 0.4) is 0 Å². The van der Waals surface area contributed by atoms with Crippen LogP contribution in [0.1, 0.15) is 28.8 Å². The first-order valence-corrected chi connectivity index (χ1v) is 12.8. The molecule has 3 rings (SSSR count). The maximum Gasteiger partial charge on any atom is 0.257 e. The molecule has 0 radical (unpaired) electrons. The molecular formula is C25H37N5O8. The second-order valence-electron chi connectivity index (χ2n) is 8.68. The van der Waals surface area contributed by atoms with Gasteiger partial charge in [0.15, 0.2) is 0 Å². The monoisotopic (exact) mass is 535 g/mol. The zero-order valence-corrected chi connectivity index (χ0v) is 21.5. The van der Waals surface area contributed by atoms with Crippen molar-refractivity contribution in [2.75, 3.05) is 77.8 Å². The van der Waals surface area contributed by atoms with Crippen LogP contribution in [0.2, 0.25) is 0 Å². The van der Waals surface area contributed by atoms with Gasteiger partial charge in [-0.25, -0.2) is 0 Å². The van der Waals surface area contributed by atoms with Crippen LogP contribution < -0.4 is 21.7 Å². The molecule has 1 aromatic rings. The molecule has 2 heterocycles. The summed E-state index contributed by atoms with van der Waals surface area (Å²) in [7, 11) is 0. The summed E-state index contributed by atoms with van der Waals surface area (Å²) in [6.45, 7) is 4.71. The highest BCUT2D eigenvalue weighted by atomic mass is 16.6. The van der Waals surface area contributed by atoms with Gasteiger partial charge in [0, 0.05) is 31.7 Å². The van der Waals surface area contributed by atoms with Crippen molar-refractivity contribution in [2.24, 2.45) is 5.73 Å². The van der Waals surface area contributed by atoms with Gasteiger partial charge in [-0.05, 0) is 18.1 Å². The summed E-state index contributed by atoms with van der Waals surface area (Å²) in [5, 5.41) is 8.06. The van der Waals surface area contributed by atoms with Crippen LogP contribution in [-0.4, -0.2) is 107 Å². The number of benzene rings is 1. The molecule has 13 nitrogen and oxygen atoms in total. The molecule has 0 spiro atoms. The van der Waals surface area contributed by atoms with Gasteiger partial charge >= 0.3 is 0 Å². The summed E-state index contributed by atoms with van der Waals surface area (Å²) in [6, 6.07) is 4.65. The number of ether oxygens (including phenoxy) is 4. The maximum atomic E-state index is 13.1. The van der Waals surface area contributed by atoms with E-state index >= 15 is 0 Å². The molecule has 1 aromatic carbocycles. The van der Waals surface area contributed by atoms with Gasteiger partial charge in [0.05, 0.1) is 65.0 Å². The van der Waals surface area contributed by atoms with Crippen LogP contribution in [0.25, 0.3) is 0 Å². The van der Waals surface area contributed by atoms with E-state index in [-0.39, 0.29) is 37.2 Å². The Kier molecular flexibility index (Phi) is 12.4. The lowest BCUT2D eigenvalue weighted by Crippen LogP contribution is -2.52. The molecule has 1 atom stereocenters. The number of anilines is 1. The third kappa shape index (κ3) is 9.03. The second-order valence-corrected chi connectivity index (χ2v) is 8.68. The van der Waals surface area contributed by atoms with E-state index in [1.807, 2.05) is 6.07 Å². The Morgan fingerprint density at radius 2 is 1.63 bits per heavy atom. The molecule has 0 bridgehead atoms. The third-order valence-electron chi connectivity index (χ3n) is 5.94. The summed E-state index contributed by atoms with van der Waals surface area (Å²) in [4.78, 5) is 50.5. The van der Waals surface area contributed by atoms with Crippen molar-refractivity contribution in [3.63, 3.8) is 0 Å². The minimum absolute atomic E-state index is 0.0253. The number of hydrogen-bond donors (Lipinski definition) is 4. The quantitative estimate of drug-likeness (QED) is 0.135. The Bertz CT molecular complexity index is 960. The molecule has 2 aliphatic heterocycles. The zero-order valence-electron chi connectivity index (χ0n) is 21.5. The molecule has 1 fully saturated rings. The van der Waals surface area contributed by atoms with Gasteiger partial charge < -0.3 is 40.2 Å². The van der Waals surface area contributed by atoms with Crippen molar-refractivity contribution < 1.29 is 38.1 Å². The number of imide groups is 1. The van der Waals surface area contributed by atoms with Gasteiger partial charge in [0.1, 0.15) is 6.04 Å². The van der Waals surface area contributed by atoms with Crippen LogP contribution >= 0.6 is 0 Å².